The third-order valence-electron chi connectivity index (χ3n) is 5.46. The predicted molar refractivity (Wildman–Crippen MR) is 153 cm³/mol. The highest BCUT2D eigenvalue weighted by Crippen LogP contribution is 2.15. The zero-order valence-electron chi connectivity index (χ0n) is 21.0. The van der Waals surface area contributed by atoms with Gasteiger partial charge in [-0.2, -0.15) is 0 Å². The summed E-state index contributed by atoms with van der Waals surface area (Å²) in [7, 11) is 1.62. The molecule has 0 saturated heterocycles. The number of carbonyl (C=O) groups excluding carboxylic acids is 2. The van der Waals surface area contributed by atoms with Crippen LogP contribution < -0.4 is 20.7 Å². The molecule has 0 unspecified atom stereocenters. The average Bonchev–Trinajstić information content (AvgIpc) is 2.90. The summed E-state index contributed by atoms with van der Waals surface area (Å²) in [6.07, 6.45) is 0. The Morgan fingerprint density at radius 2 is 1.47 bits per heavy atom. The molecule has 0 heterocycles. The number of amides is 2. The van der Waals surface area contributed by atoms with Crippen molar-refractivity contribution < 1.29 is 18.6 Å². The lowest BCUT2D eigenvalue weighted by molar-refractivity contribution is -0.120. The molecule has 0 spiro atoms. The number of nitrogens with one attached hydrogen (secondary N) is 3. The number of ether oxygens (including phenoxy) is 1. The van der Waals surface area contributed by atoms with Gasteiger partial charge in [-0.25, -0.2) is 0 Å². The van der Waals surface area contributed by atoms with Crippen LogP contribution in [0.3, 0.4) is 0 Å². The summed E-state index contributed by atoms with van der Waals surface area (Å²) >= 11 is 0. The van der Waals surface area contributed by atoms with Gasteiger partial charge in [-0.15, -0.1) is 0 Å². The van der Waals surface area contributed by atoms with E-state index in [1.165, 1.54) is 16.3 Å². The first-order valence-electron chi connectivity index (χ1n) is 11.9. The van der Waals surface area contributed by atoms with Gasteiger partial charge in [0.25, 0.3) is 5.91 Å². The van der Waals surface area contributed by atoms with Crippen LogP contribution in [-0.2, 0) is 4.79 Å². The Labute approximate surface area is 217 Å². The van der Waals surface area contributed by atoms with Crippen LogP contribution >= 0.6 is 0 Å². The van der Waals surface area contributed by atoms with Crippen molar-refractivity contribution in [3.05, 3.63) is 108 Å². The van der Waals surface area contributed by atoms with Crippen LogP contribution in [0.1, 0.15) is 25.8 Å². The zero-order chi connectivity index (χ0) is 25.8. The van der Waals surface area contributed by atoms with Gasteiger partial charge in [0.1, 0.15) is 5.75 Å². The number of hydrogen-bond acceptors (Lipinski definition) is 4. The highest BCUT2D eigenvalue weighted by molar-refractivity contribution is 5.96. The van der Waals surface area contributed by atoms with Gasteiger partial charge in [-0.3, -0.25) is 9.59 Å². The van der Waals surface area contributed by atoms with Crippen LogP contribution in [0.5, 0.6) is 5.75 Å². The largest absolute Gasteiger partial charge is 0.497 e. The van der Waals surface area contributed by atoms with E-state index in [1.807, 2.05) is 43.3 Å². The minimum absolute atomic E-state index is 0. The molecule has 4 aromatic rings. The topological polar surface area (TPSA) is 79.5 Å². The van der Waals surface area contributed by atoms with Crippen LogP contribution in [-0.4, -0.2) is 38.6 Å². The summed E-state index contributed by atoms with van der Waals surface area (Å²) < 4.78 is 5.09. The van der Waals surface area contributed by atoms with Gasteiger partial charge in [-0.05, 0) is 61.0 Å². The molecule has 0 atom stereocenters. The molecule has 0 saturated carbocycles. The second-order valence-electron chi connectivity index (χ2n) is 8.41. The van der Waals surface area contributed by atoms with Gasteiger partial charge in [-0.1, -0.05) is 65.7 Å². The molecule has 3 N–H and O–H groups in total. The second kappa shape index (κ2) is 13.5. The Balaban J connectivity index is 0.000000869. The molecule has 0 aliphatic rings. The lowest BCUT2D eigenvalue weighted by atomic mass is 10.1. The van der Waals surface area contributed by atoms with Crippen molar-refractivity contribution in [1.82, 2.24) is 10.6 Å². The lowest BCUT2D eigenvalue weighted by Gasteiger charge is -2.09. The van der Waals surface area contributed by atoms with Gasteiger partial charge < -0.3 is 20.7 Å². The van der Waals surface area contributed by atoms with E-state index in [0.29, 0.717) is 18.7 Å². The Morgan fingerprint density at radius 1 is 0.750 bits per heavy atom. The maximum Gasteiger partial charge on any atom is 0.251 e. The number of aryl methyl sites for hydroxylation is 2. The number of methoxy groups -OCH3 is 1. The number of carbonyl (C=O) groups is 2. The van der Waals surface area contributed by atoms with Gasteiger partial charge >= 0.3 is 0 Å². The van der Waals surface area contributed by atoms with Crippen molar-refractivity contribution in [2.75, 3.05) is 32.1 Å². The quantitative estimate of drug-likeness (QED) is 0.271. The minimum Gasteiger partial charge on any atom is -0.497 e. The fraction of sp³-hybridized carbons (Fsp3) is 0.200. The van der Waals surface area contributed by atoms with E-state index >= 15 is 0 Å². The van der Waals surface area contributed by atoms with Crippen molar-refractivity contribution in [3.8, 4) is 5.75 Å². The molecule has 0 aromatic heterocycles. The molecule has 2 amide bonds. The number of rotatable bonds is 8. The van der Waals surface area contributed by atoms with E-state index in [1.54, 1.807) is 19.2 Å². The summed E-state index contributed by atoms with van der Waals surface area (Å²) in [6.45, 7) is 5.04. The van der Waals surface area contributed by atoms with Gasteiger partial charge in [0.05, 0.1) is 13.7 Å². The summed E-state index contributed by atoms with van der Waals surface area (Å²) in [6, 6.07) is 29.7. The lowest BCUT2D eigenvalue weighted by Crippen LogP contribution is -2.38. The molecule has 4 aromatic carbocycles. The molecular formula is C30H39N3O3. The van der Waals surface area contributed by atoms with Crippen LogP contribution in [0.4, 0.5) is 5.69 Å². The molecule has 0 aliphatic carbocycles. The van der Waals surface area contributed by atoms with E-state index in [0.717, 1.165) is 17.0 Å². The highest BCUT2D eigenvalue weighted by Gasteiger charge is 2.07. The average molecular weight is 490 g/mol. The number of anilines is 1. The highest BCUT2D eigenvalue weighted by atomic mass is 16.5. The third kappa shape index (κ3) is 8.47. The summed E-state index contributed by atoms with van der Waals surface area (Å²) in [5, 5.41) is 11.2. The Morgan fingerprint density at radius 3 is 2.19 bits per heavy atom. The number of fused-ring (bicyclic) bond motifs is 1. The minimum atomic E-state index is -0.254. The molecule has 0 radical (unpaired) electrons. The normalized spacial score (nSPS) is 10.1. The molecule has 0 aliphatic heterocycles. The zero-order valence-corrected chi connectivity index (χ0v) is 21.0. The monoisotopic (exact) mass is 489 g/mol. The standard InChI is InChI=1S/C19H23N3O3.C11H10.3H2/c1-14-4-3-5-15(12-14)19(24)22-13-18(23)21-11-10-20-16-6-8-17(25-2)9-7-16;1-9-6-7-10-4-2-3-5-11(10)8-9;;;/h3-9,12,20H,10-11,13H2,1-2H3,(H,21,23)(H,22,24);2-8H,1H3;3*1H. The van der Waals surface area contributed by atoms with Crippen molar-refractivity contribution in [3.63, 3.8) is 0 Å². The van der Waals surface area contributed by atoms with E-state index in [2.05, 4.69) is 65.3 Å². The molecule has 0 fully saturated rings. The van der Waals surface area contributed by atoms with E-state index in [-0.39, 0.29) is 22.6 Å². The molecule has 0 bridgehead atoms. The van der Waals surface area contributed by atoms with Crippen molar-refractivity contribution in [1.29, 1.82) is 0 Å². The third-order valence-corrected chi connectivity index (χ3v) is 5.46. The fourth-order valence-corrected chi connectivity index (χ4v) is 3.54. The van der Waals surface area contributed by atoms with Crippen LogP contribution in [0.15, 0.2) is 91.0 Å². The fourth-order valence-electron chi connectivity index (χ4n) is 3.54. The maximum absolute atomic E-state index is 12.0. The smallest absolute Gasteiger partial charge is 0.251 e. The summed E-state index contributed by atoms with van der Waals surface area (Å²) in [5.74, 6) is 0.316. The van der Waals surface area contributed by atoms with Crippen molar-refractivity contribution >= 4 is 28.3 Å². The predicted octanol–water partition coefficient (Wildman–Crippen LogP) is 5.85. The first kappa shape index (κ1) is 26.3. The molecule has 4 rings (SSSR count). The van der Waals surface area contributed by atoms with Gasteiger partial charge in [0.2, 0.25) is 5.91 Å². The van der Waals surface area contributed by atoms with Crippen LogP contribution in [0, 0.1) is 13.8 Å². The molecule has 6 nitrogen and oxygen atoms in total. The Bertz CT molecular complexity index is 1300. The molecule has 6 heteroatoms. The first-order chi connectivity index (χ1) is 17.4. The van der Waals surface area contributed by atoms with Crippen LogP contribution in [0.25, 0.3) is 10.8 Å². The molecule has 36 heavy (non-hydrogen) atoms. The number of hydrogen-bond donors (Lipinski definition) is 3. The molecule has 192 valence electrons. The first-order valence-corrected chi connectivity index (χ1v) is 11.9. The van der Waals surface area contributed by atoms with Gasteiger partial charge in [0, 0.05) is 28.6 Å². The van der Waals surface area contributed by atoms with E-state index in [9.17, 15) is 9.59 Å². The summed E-state index contributed by atoms with van der Waals surface area (Å²) in [4.78, 5) is 23.7. The van der Waals surface area contributed by atoms with Gasteiger partial charge in [0.15, 0.2) is 0 Å². The van der Waals surface area contributed by atoms with E-state index in [4.69, 9.17) is 4.74 Å². The Kier molecular flexibility index (Phi) is 9.89. The van der Waals surface area contributed by atoms with Crippen molar-refractivity contribution in [2.24, 2.45) is 0 Å². The maximum atomic E-state index is 12.0. The number of benzene rings is 4. The Hall–Kier alpha value is -4.32. The van der Waals surface area contributed by atoms with E-state index < -0.39 is 0 Å². The SMILES string of the molecule is COc1ccc(NCCNC(=O)CNC(=O)c2cccc(C)c2)cc1.Cc1ccc2ccccc2c1.[HH].[HH].[HH]. The summed E-state index contributed by atoms with van der Waals surface area (Å²) in [5.41, 5.74) is 3.82. The molecular weight excluding hydrogens is 450 g/mol. The van der Waals surface area contributed by atoms with Crippen molar-refractivity contribution in [2.45, 2.75) is 13.8 Å². The second-order valence-corrected chi connectivity index (χ2v) is 8.41. The van der Waals surface area contributed by atoms with Crippen LogP contribution in [0.2, 0.25) is 0 Å².